The maximum atomic E-state index is 2.49. The predicted molar refractivity (Wildman–Crippen MR) is 80.9 cm³/mol. The molecule has 0 N–H and O–H groups in total. The molecular weight excluding hydrogens is 333 g/mol. The van der Waals surface area contributed by atoms with Crippen molar-refractivity contribution in [3.63, 3.8) is 0 Å². The van der Waals surface area contributed by atoms with Gasteiger partial charge in [0.2, 0.25) is 0 Å². The van der Waals surface area contributed by atoms with E-state index < -0.39 is 23.2 Å². The first-order chi connectivity index (χ1) is 8.50. The van der Waals surface area contributed by atoms with Crippen LogP contribution in [0.5, 0.6) is 0 Å². The molecule has 112 valence electrons. The van der Waals surface area contributed by atoms with Crippen molar-refractivity contribution in [3.8, 4) is 0 Å². The molecule has 0 saturated carbocycles. The summed E-state index contributed by atoms with van der Waals surface area (Å²) in [6.45, 7) is 11.9. The Bertz CT molecular complexity index is 483. The molecule has 0 amide bonds. The Hall–Kier alpha value is -0.297. The van der Waals surface area contributed by atoms with Gasteiger partial charge in [-0.15, -0.1) is 0 Å². The van der Waals surface area contributed by atoms with Gasteiger partial charge in [-0.2, -0.15) is 0 Å². The minimum absolute atomic E-state index is 0. The molecule has 0 radical (unpaired) electrons. The first kappa shape index (κ1) is 19.7. The van der Waals surface area contributed by atoms with Crippen LogP contribution in [0, 0.1) is 5.41 Å². The van der Waals surface area contributed by atoms with E-state index in [1.165, 1.54) is 19.3 Å². The smallest absolute Gasteiger partial charge is 0.269 e. The quantitative estimate of drug-likeness (QED) is 0.608. The Morgan fingerprint density at radius 2 is 1.80 bits per heavy atom. The van der Waals surface area contributed by atoms with E-state index in [9.17, 15) is 0 Å². The molecule has 0 nitrogen and oxygen atoms in total. The average Bonchev–Trinajstić information content (AvgIpc) is 2.90. The van der Waals surface area contributed by atoms with E-state index in [-0.39, 0.29) is 9.41 Å². The van der Waals surface area contributed by atoms with Crippen molar-refractivity contribution in [2.45, 2.75) is 53.9 Å². The molecular formula is C17H26F2Zr. The maximum absolute atomic E-state index is 2.49. The molecule has 0 spiro atoms. The second kappa shape index (κ2) is 7.64. The Labute approximate surface area is 133 Å². The summed E-state index contributed by atoms with van der Waals surface area (Å²) in [5, 5.41) is 0. The van der Waals surface area contributed by atoms with Gasteiger partial charge in [0, 0.05) is 0 Å². The molecule has 3 heteroatoms. The number of hydrogen-bond acceptors (Lipinski definition) is 0. The van der Waals surface area contributed by atoms with Gasteiger partial charge >= 0.3 is 124 Å². The van der Waals surface area contributed by atoms with E-state index in [0.29, 0.717) is 5.41 Å². The molecule has 0 aromatic carbocycles. The third-order valence-corrected chi connectivity index (χ3v) is 9.28. The number of allylic oxidation sites excluding steroid dienone is 8. The molecule has 20 heavy (non-hydrogen) atoms. The van der Waals surface area contributed by atoms with Gasteiger partial charge in [-0.25, -0.2) is 0 Å². The van der Waals surface area contributed by atoms with E-state index in [2.05, 4.69) is 52.8 Å². The van der Waals surface area contributed by atoms with Crippen LogP contribution in [-0.4, -0.2) is 0 Å². The van der Waals surface area contributed by atoms with Crippen molar-refractivity contribution in [2.24, 2.45) is 5.41 Å². The zero-order valence-electron chi connectivity index (χ0n) is 13.2. The van der Waals surface area contributed by atoms with Crippen LogP contribution in [0.15, 0.2) is 41.5 Å². The number of rotatable bonds is 4. The van der Waals surface area contributed by atoms with Crippen molar-refractivity contribution in [2.75, 3.05) is 0 Å². The standard InChI is InChI=1S/C12H19.C5H5.2FH.Zr/c1-6-7-12(5)8-9(2)10(3)11(12)4;1-2-4-5-3-1;;;/h6-7H2,1-5H3;1-3H,4H2;2*1H;. The molecule has 0 aliphatic heterocycles. The zero-order chi connectivity index (χ0) is 13.3. The first-order valence-corrected chi connectivity index (χ1v) is 9.49. The third kappa shape index (κ3) is 3.30. The van der Waals surface area contributed by atoms with E-state index in [1.54, 1.807) is 20.0 Å². The summed E-state index contributed by atoms with van der Waals surface area (Å²) in [7, 11) is 0. The Balaban J connectivity index is 0.00000180. The summed E-state index contributed by atoms with van der Waals surface area (Å²) < 4.78 is 3.59. The predicted octanol–water partition coefficient (Wildman–Crippen LogP) is 5.65. The summed E-state index contributed by atoms with van der Waals surface area (Å²) in [5.74, 6) is 0. The van der Waals surface area contributed by atoms with Crippen molar-refractivity contribution >= 4 is 0 Å². The van der Waals surface area contributed by atoms with E-state index in [1.807, 2.05) is 3.28 Å². The monoisotopic (exact) mass is 358 g/mol. The Kier molecular flexibility index (Phi) is 7.52. The maximum Gasteiger partial charge on any atom is -0.269 e. The van der Waals surface area contributed by atoms with Crippen LogP contribution < -0.4 is 0 Å². The van der Waals surface area contributed by atoms with Crippen LogP contribution in [0.25, 0.3) is 0 Å². The molecule has 2 rings (SSSR count). The van der Waals surface area contributed by atoms with E-state index in [4.69, 9.17) is 0 Å². The van der Waals surface area contributed by atoms with Gasteiger partial charge in [-0.1, -0.05) is 0 Å². The van der Waals surface area contributed by atoms with Gasteiger partial charge in [0.05, 0.1) is 0 Å². The van der Waals surface area contributed by atoms with Crippen molar-refractivity contribution in [3.05, 3.63) is 41.5 Å². The molecule has 0 aromatic heterocycles. The molecule has 1 atom stereocenters. The Morgan fingerprint density at radius 1 is 1.15 bits per heavy atom. The van der Waals surface area contributed by atoms with Crippen molar-refractivity contribution < 1.29 is 32.6 Å². The summed E-state index contributed by atoms with van der Waals surface area (Å²) >= 11 is -0.550. The zero-order valence-corrected chi connectivity index (χ0v) is 15.6. The first-order valence-electron chi connectivity index (χ1n) is 7.03. The van der Waals surface area contributed by atoms with Crippen LogP contribution in [0.1, 0.15) is 53.9 Å². The molecule has 1 unspecified atom stereocenters. The summed E-state index contributed by atoms with van der Waals surface area (Å²) in [6, 6.07) is 0. The summed E-state index contributed by atoms with van der Waals surface area (Å²) in [5.41, 5.74) is 5.24. The fourth-order valence-electron chi connectivity index (χ4n) is 3.23. The molecule has 0 saturated heterocycles. The molecule has 0 heterocycles. The minimum Gasteiger partial charge on any atom is -0.269 e. The average molecular weight is 360 g/mol. The van der Waals surface area contributed by atoms with Crippen LogP contribution >= 0.6 is 0 Å². The van der Waals surface area contributed by atoms with Crippen LogP contribution in [0.4, 0.5) is 9.41 Å². The van der Waals surface area contributed by atoms with Gasteiger partial charge in [0.15, 0.2) is 0 Å². The number of hydrogen-bond donors (Lipinski definition) is 0. The van der Waals surface area contributed by atoms with E-state index >= 15 is 0 Å². The van der Waals surface area contributed by atoms with Gasteiger partial charge in [0.25, 0.3) is 0 Å². The van der Waals surface area contributed by atoms with Crippen molar-refractivity contribution in [1.82, 2.24) is 0 Å². The van der Waals surface area contributed by atoms with Gasteiger partial charge in [-0.05, 0) is 0 Å². The fourth-order valence-corrected chi connectivity index (χ4v) is 7.37. The fraction of sp³-hybridized carbons (Fsp3) is 0.529. The molecule has 0 fully saturated rings. The van der Waals surface area contributed by atoms with Crippen molar-refractivity contribution in [1.29, 1.82) is 0 Å². The normalized spacial score (nSPS) is 24.6. The summed E-state index contributed by atoms with van der Waals surface area (Å²) in [6.07, 6.45) is 10.8. The molecule has 2 aliphatic carbocycles. The molecule has 0 bridgehead atoms. The minimum atomic E-state index is -0.550. The van der Waals surface area contributed by atoms with Crippen LogP contribution in [-0.2, 0) is 23.2 Å². The summed E-state index contributed by atoms with van der Waals surface area (Å²) in [4.78, 5) is 0. The largest absolute Gasteiger partial charge is 0.269 e. The van der Waals surface area contributed by atoms with Crippen LogP contribution in [0.3, 0.4) is 0 Å². The SMILES string of the molecule is CCCC1(C)C(C)=C(C)C(C)=[C]1[Zr][C]1=CC=CC1.F.F. The van der Waals surface area contributed by atoms with Gasteiger partial charge < -0.3 is 0 Å². The van der Waals surface area contributed by atoms with Gasteiger partial charge in [-0.3, -0.25) is 9.41 Å². The second-order valence-corrected chi connectivity index (χ2v) is 9.20. The Morgan fingerprint density at radius 3 is 2.30 bits per heavy atom. The second-order valence-electron chi connectivity index (χ2n) is 5.78. The molecule has 2 aliphatic rings. The third-order valence-electron chi connectivity index (χ3n) is 4.69. The molecule has 0 aromatic rings. The topological polar surface area (TPSA) is 0 Å². The van der Waals surface area contributed by atoms with Crippen LogP contribution in [0.2, 0.25) is 0 Å². The van der Waals surface area contributed by atoms with E-state index in [0.717, 1.165) is 0 Å². The van der Waals surface area contributed by atoms with Gasteiger partial charge in [0.1, 0.15) is 0 Å². The number of halogens is 2.